The molecule has 13 nitrogen and oxygen atoms in total. The summed E-state index contributed by atoms with van der Waals surface area (Å²) in [4.78, 5) is 36.6. The molecule has 0 radical (unpaired) electrons. The molecule has 0 bridgehead atoms. The first-order chi connectivity index (χ1) is 27.8. The Bertz CT molecular complexity index is 1630. The molecule has 0 N–H and O–H groups in total. The lowest BCUT2D eigenvalue weighted by atomic mass is 9.66. The molecular weight excluding hydrogens is 743 g/mol. The second kappa shape index (κ2) is 18.4. The maximum absolute atomic E-state index is 15.1. The third-order valence-corrected chi connectivity index (χ3v) is 14.8. The molecule has 3 saturated heterocycles. The molecule has 4 heterocycles. The summed E-state index contributed by atoms with van der Waals surface area (Å²) in [5.41, 5.74) is 2.94. The van der Waals surface area contributed by atoms with Gasteiger partial charge in [0, 0.05) is 70.2 Å². The Kier molecular flexibility index (Phi) is 13.9. The first-order valence-corrected chi connectivity index (χ1v) is 22.2. The van der Waals surface area contributed by atoms with E-state index in [4.69, 9.17) is 42.9 Å². The van der Waals surface area contributed by atoms with E-state index in [0.717, 1.165) is 68.5 Å². The highest BCUT2D eigenvalue weighted by Gasteiger charge is 2.57. The van der Waals surface area contributed by atoms with Crippen molar-refractivity contribution in [3.8, 4) is 0 Å². The van der Waals surface area contributed by atoms with Gasteiger partial charge in [0.25, 0.3) is 0 Å². The number of carbonyl (C=O) groups excluding carboxylic acids is 2. The fourth-order valence-electron chi connectivity index (χ4n) is 11.8. The van der Waals surface area contributed by atoms with Crippen molar-refractivity contribution in [3.05, 3.63) is 28.9 Å². The first kappa shape index (κ1) is 43.8. The molecule has 6 aliphatic rings. The second-order valence-electron chi connectivity index (χ2n) is 18.2. The molecule has 4 fully saturated rings. The molecular formula is C45H71N3O10. The number of Topliss-reactive ketones (excluding diaryl/α,β-unsaturated/α-hetero) is 1. The van der Waals surface area contributed by atoms with E-state index in [0.29, 0.717) is 12.5 Å². The summed E-state index contributed by atoms with van der Waals surface area (Å²) in [5.74, 6) is 0.241. The summed E-state index contributed by atoms with van der Waals surface area (Å²) >= 11 is 0. The highest BCUT2D eigenvalue weighted by molar-refractivity contribution is 5.99. The molecule has 17 atom stereocenters. The number of imidazole rings is 1. The lowest BCUT2D eigenvalue weighted by Crippen LogP contribution is -2.59. The summed E-state index contributed by atoms with van der Waals surface area (Å²) in [6.07, 6.45) is 6.34. The van der Waals surface area contributed by atoms with Crippen LogP contribution in [0.15, 0.2) is 11.6 Å². The van der Waals surface area contributed by atoms with Crippen LogP contribution in [0.4, 0.5) is 0 Å². The van der Waals surface area contributed by atoms with E-state index in [2.05, 4.69) is 57.5 Å². The molecule has 1 aromatic heterocycles. The molecule has 58 heavy (non-hydrogen) atoms. The third-order valence-electron chi connectivity index (χ3n) is 14.8. The van der Waals surface area contributed by atoms with Crippen LogP contribution in [0, 0.1) is 23.7 Å². The smallest absolute Gasteiger partial charge is 0.306 e. The monoisotopic (exact) mass is 814 g/mol. The fraction of sp³-hybridized carbons (Fsp3) is 0.844. The predicted octanol–water partition coefficient (Wildman–Crippen LogP) is 5.86. The van der Waals surface area contributed by atoms with Gasteiger partial charge in [0.1, 0.15) is 30.2 Å². The van der Waals surface area contributed by atoms with Gasteiger partial charge in [-0.15, -0.1) is 0 Å². The van der Waals surface area contributed by atoms with Gasteiger partial charge in [0.15, 0.2) is 18.4 Å². The number of ether oxygens (including phenoxy) is 8. The normalized spacial score (nSPS) is 42.1. The van der Waals surface area contributed by atoms with Crippen LogP contribution >= 0.6 is 0 Å². The molecule has 0 amide bonds. The highest BCUT2D eigenvalue weighted by atomic mass is 16.7. The molecule has 3 aliphatic carbocycles. The van der Waals surface area contributed by atoms with Gasteiger partial charge in [0.05, 0.1) is 36.5 Å². The van der Waals surface area contributed by atoms with Crippen molar-refractivity contribution in [2.75, 3.05) is 35.4 Å². The number of aromatic nitrogens is 2. The topological polar surface area (TPSA) is 129 Å². The van der Waals surface area contributed by atoms with E-state index in [9.17, 15) is 4.79 Å². The summed E-state index contributed by atoms with van der Waals surface area (Å²) in [5, 5.41) is 0. The number of esters is 1. The van der Waals surface area contributed by atoms with Crippen molar-refractivity contribution in [1.82, 2.24) is 14.5 Å². The Morgan fingerprint density at radius 3 is 2.28 bits per heavy atom. The second-order valence-corrected chi connectivity index (χ2v) is 18.2. The molecule has 1 saturated carbocycles. The molecule has 3 aliphatic heterocycles. The number of hydrogen-bond acceptors (Lipinski definition) is 12. The van der Waals surface area contributed by atoms with Crippen LogP contribution in [0.5, 0.6) is 0 Å². The van der Waals surface area contributed by atoms with Gasteiger partial charge in [-0.2, -0.15) is 0 Å². The number of fused-ring (bicyclic) bond motifs is 8. The molecule has 4 unspecified atom stereocenters. The number of allylic oxidation sites excluding steroid dienone is 2. The summed E-state index contributed by atoms with van der Waals surface area (Å²) in [6, 6.07) is 0.322. The molecule has 0 aromatic carbocycles. The maximum atomic E-state index is 15.1. The van der Waals surface area contributed by atoms with Gasteiger partial charge in [-0.25, -0.2) is 4.98 Å². The lowest BCUT2D eigenvalue weighted by Gasteiger charge is -2.44. The number of nitrogens with zero attached hydrogens (tertiary/aromatic N) is 3. The summed E-state index contributed by atoms with van der Waals surface area (Å²) < 4.78 is 52.6. The zero-order valence-corrected chi connectivity index (χ0v) is 36.9. The third kappa shape index (κ3) is 8.24. The average molecular weight is 814 g/mol. The van der Waals surface area contributed by atoms with Crippen LogP contribution in [-0.4, -0.2) is 129 Å². The zero-order chi connectivity index (χ0) is 41.6. The molecule has 7 rings (SSSR count). The van der Waals surface area contributed by atoms with Crippen molar-refractivity contribution in [3.63, 3.8) is 0 Å². The number of methoxy groups -OCH3 is 3. The summed E-state index contributed by atoms with van der Waals surface area (Å²) in [7, 11) is 11.3. The Labute approximate surface area is 346 Å². The van der Waals surface area contributed by atoms with Crippen LogP contribution < -0.4 is 0 Å². The Morgan fingerprint density at radius 1 is 0.879 bits per heavy atom. The van der Waals surface area contributed by atoms with E-state index >= 15 is 4.79 Å². The molecule has 13 heteroatoms. The average Bonchev–Trinajstić information content (AvgIpc) is 3.88. The number of rotatable bonds is 10. The van der Waals surface area contributed by atoms with Crippen LogP contribution in [0.25, 0.3) is 0 Å². The molecule has 0 spiro atoms. The van der Waals surface area contributed by atoms with Crippen molar-refractivity contribution in [2.45, 2.75) is 178 Å². The SMILES string of the molecule is CCc1nc2c(n1C)[C@@H]1C[C@@H](O[C@@H]3OC(C)[C@H](OC)C(OC)C3OC)C[C@H]1[C@@H]1C=C3C(=O)[C@H](C)[C@@H](O[C@H]4CC[C@H](N(C)C)C(C)O4)CCC[C@H](CC)OC(=O)C[C@H]3[C@H]21. The molecule has 1 aromatic rings. The Hall–Kier alpha value is -2.23. The zero-order valence-electron chi connectivity index (χ0n) is 36.9. The molecule has 326 valence electrons. The van der Waals surface area contributed by atoms with Gasteiger partial charge in [-0.05, 0) is 96.7 Å². The van der Waals surface area contributed by atoms with Crippen molar-refractivity contribution in [2.24, 2.45) is 30.7 Å². The van der Waals surface area contributed by atoms with Gasteiger partial charge >= 0.3 is 5.97 Å². The standard InChI is InChI=1S/C45H71N3O10/c1-12-26-15-14-16-34(58-37-18-17-33(47(6)7)24(4)54-37)23(3)41(50)32-21-29-28-19-27(57-45-44(53-11)43(52-10)42(51-9)25(5)55-45)20-31(28)40-39(46-35(13-2)48(40)8)38(29)30(32)22-36(49)56-26/h21,23-31,33-34,37-38,42-45H,12-20,22H2,1-11H3/t23-,24?,25?,26+,27+,28+,29+,30-,31-,33+,34+,37+,38-,42+,43?,44?,45+/m1/s1. The lowest BCUT2D eigenvalue weighted by molar-refractivity contribution is -0.314. The minimum absolute atomic E-state index is 0.000587. The van der Waals surface area contributed by atoms with Crippen molar-refractivity contribution >= 4 is 11.8 Å². The maximum Gasteiger partial charge on any atom is 0.306 e. The number of carbonyl (C=O) groups is 2. The van der Waals surface area contributed by atoms with Crippen LogP contribution in [-0.2, 0) is 61.0 Å². The van der Waals surface area contributed by atoms with Crippen molar-refractivity contribution in [1.29, 1.82) is 0 Å². The Balaban J connectivity index is 1.21. The number of aryl methyl sites for hydroxylation is 1. The van der Waals surface area contributed by atoms with Gasteiger partial charge in [-0.3, -0.25) is 9.59 Å². The van der Waals surface area contributed by atoms with E-state index in [1.807, 2.05) is 13.8 Å². The van der Waals surface area contributed by atoms with Gasteiger partial charge in [-0.1, -0.05) is 26.8 Å². The minimum Gasteiger partial charge on any atom is -0.462 e. The number of cyclic esters (lactones) is 1. The van der Waals surface area contributed by atoms with Crippen LogP contribution in [0.3, 0.4) is 0 Å². The number of ketones is 1. The fourth-order valence-corrected chi connectivity index (χ4v) is 11.8. The quantitative estimate of drug-likeness (QED) is 0.263. The number of likely N-dealkylation sites (N-methyl/N-ethyl adjacent to an activating group) is 1. The largest absolute Gasteiger partial charge is 0.462 e. The Morgan fingerprint density at radius 2 is 1.62 bits per heavy atom. The first-order valence-electron chi connectivity index (χ1n) is 22.2. The minimum atomic E-state index is -0.642. The van der Waals surface area contributed by atoms with Gasteiger partial charge < -0.3 is 47.4 Å². The van der Waals surface area contributed by atoms with E-state index < -0.39 is 18.3 Å². The van der Waals surface area contributed by atoms with E-state index in [-0.39, 0.29) is 96.8 Å². The van der Waals surface area contributed by atoms with E-state index in [1.54, 1.807) is 21.3 Å². The van der Waals surface area contributed by atoms with Crippen LogP contribution in [0.2, 0.25) is 0 Å². The number of hydrogen-bond donors (Lipinski definition) is 0. The van der Waals surface area contributed by atoms with E-state index in [1.165, 1.54) is 5.69 Å². The highest BCUT2D eigenvalue weighted by Crippen LogP contribution is 2.61. The summed E-state index contributed by atoms with van der Waals surface area (Å²) in [6.45, 7) is 10.3. The van der Waals surface area contributed by atoms with Gasteiger partial charge in [0.2, 0.25) is 0 Å². The van der Waals surface area contributed by atoms with Crippen molar-refractivity contribution < 1.29 is 47.5 Å². The predicted molar refractivity (Wildman–Crippen MR) is 216 cm³/mol. The van der Waals surface area contributed by atoms with Crippen LogP contribution in [0.1, 0.15) is 121 Å².